The SMILES string of the molecule is CC(=O)NC(C)CC(=O)NC1(c2ccccc2C)CC1. The second-order valence-corrected chi connectivity index (χ2v) is 5.75. The number of hydrogen-bond acceptors (Lipinski definition) is 2. The fourth-order valence-corrected chi connectivity index (χ4v) is 2.69. The third-order valence-electron chi connectivity index (χ3n) is 3.73. The largest absolute Gasteiger partial charge is 0.353 e. The first-order valence-electron chi connectivity index (χ1n) is 7.07. The van der Waals surface area contributed by atoms with E-state index in [-0.39, 0.29) is 23.4 Å². The number of nitrogens with one attached hydrogen (secondary N) is 2. The van der Waals surface area contributed by atoms with E-state index in [9.17, 15) is 9.59 Å². The summed E-state index contributed by atoms with van der Waals surface area (Å²) in [5.41, 5.74) is 2.24. The number of aryl methyl sites for hydroxylation is 1. The van der Waals surface area contributed by atoms with Gasteiger partial charge in [-0.05, 0) is 37.8 Å². The van der Waals surface area contributed by atoms with Crippen molar-refractivity contribution in [2.45, 2.75) is 51.6 Å². The van der Waals surface area contributed by atoms with E-state index >= 15 is 0 Å². The molecule has 1 atom stereocenters. The molecular formula is C16H22N2O2. The number of carbonyl (C=O) groups excluding carboxylic acids is 2. The second-order valence-electron chi connectivity index (χ2n) is 5.75. The van der Waals surface area contributed by atoms with Gasteiger partial charge in [-0.1, -0.05) is 24.3 Å². The molecule has 0 radical (unpaired) electrons. The van der Waals surface area contributed by atoms with Crippen LogP contribution in [-0.4, -0.2) is 17.9 Å². The van der Waals surface area contributed by atoms with Crippen LogP contribution in [0.3, 0.4) is 0 Å². The van der Waals surface area contributed by atoms with E-state index in [2.05, 4.69) is 29.7 Å². The molecule has 0 aliphatic heterocycles. The molecule has 4 heteroatoms. The third kappa shape index (κ3) is 3.38. The molecule has 20 heavy (non-hydrogen) atoms. The minimum atomic E-state index is -0.182. The van der Waals surface area contributed by atoms with Gasteiger partial charge in [-0.25, -0.2) is 0 Å². The van der Waals surface area contributed by atoms with Crippen LogP contribution in [-0.2, 0) is 15.1 Å². The lowest BCUT2D eigenvalue weighted by Gasteiger charge is -2.21. The summed E-state index contributed by atoms with van der Waals surface area (Å²) >= 11 is 0. The molecule has 4 nitrogen and oxygen atoms in total. The number of amides is 2. The molecule has 108 valence electrons. The molecule has 1 unspecified atom stereocenters. The van der Waals surface area contributed by atoms with Crippen molar-refractivity contribution < 1.29 is 9.59 Å². The Morgan fingerprint density at radius 1 is 1.30 bits per heavy atom. The van der Waals surface area contributed by atoms with Crippen molar-refractivity contribution in [2.75, 3.05) is 0 Å². The first-order valence-corrected chi connectivity index (χ1v) is 7.07. The standard InChI is InChI=1S/C16H22N2O2/c1-11-6-4-5-7-14(11)16(8-9-16)18-15(20)10-12(2)17-13(3)19/h4-7,12H,8-10H2,1-3H3,(H,17,19)(H,18,20). The van der Waals surface area contributed by atoms with E-state index in [1.54, 1.807) is 0 Å². The van der Waals surface area contributed by atoms with Gasteiger partial charge in [0.05, 0.1) is 5.54 Å². The van der Waals surface area contributed by atoms with E-state index < -0.39 is 0 Å². The van der Waals surface area contributed by atoms with Crippen LogP contribution < -0.4 is 10.6 Å². The lowest BCUT2D eigenvalue weighted by atomic mass is 9.99. The Labute approximate surface area is 119 Å². The molecule has 2 N–H and O–H groups in total. The minimum Gasteiger partial charge on any atom is -0.353 e. The predicted octanol–water partition coefficient (Wildman–Crippen LogP) is 2.02. The van der Waals surface area contributed by atoms with Crippen LogP contribution in [0.5, 0.6) is 0 Å². The van der Waals surface area contributed by atoms with Crippen LogP contribution in [0.4, 0.5) is 0 Å². The lowest BCUT2D eigenvalue weighted by Crippen LogP contribution is -2.40. The molecule has 1 aliphatic carbocycles. The molecule has 2 amide bonds. The van der Waals surface area contributed by atoms with E-state index in [0.29, 0.717) is 6.42 Å². The average Bonchev–Trinajstić information content (AvgIpc) is 3.08. The molecule has 0 spiro atoms. The molecular weight excluding hydrogens is 252 g/mol. The Morgan fingerprint density at radius 2 is 1.95 bits per heavy atom. The average molecular weight is 274 g/mol. The summed E-state index contributed by atoms with van der Waals surface area (Å²) in [5.74, 6) is -0.114. The van der Waals surface area contributed by atoms with Gasteiger partial charge in [-0.3, -0.25) is 9.59 Å². The zero-order valence-electron chi connectivity index (χ0n) is 12.3. The Balaban J connectivity index is 1.98. The normalized spacial score (nSPS) is 17.1. The summed E-state index contributed by atoms with van der Waals surface area (Å²) in [6, 6.07) is 8.03. The van der Waals surface area contributed by atoms with E-state index in [0.717, 1.165) is 12.8 Å². The molecule has 0 aromatic heterocycles. The molecule has 1 aliphatic rings. The van der Waals surface area contributed by atoms with Gasteiger partial charge in [0.15, 0.2) is 0 Å². The smallest absolute Gasteiger partial charge is 0.222 e. The predicted molar refractivity (Wildman–Crippen MR) is 78.1 cm³/mol. The highest BCUT2D eigenvalue weighted by Crippen LogP contribution is 2.46. The van der Waals surface area contributed by atoms with Crippen molar-refractivity contribution in [3.63, 3.8) is 0 Å². The monoisotopic (exact) mass is 274 g/mol. The van der Waals surface area contributed by atoms with Crippen LogP contribution in [0.15, 0.2) is 24.3 Å². The van der Waals surface area contributed by atoms with E-state index in [1.165, 1.54) is 18.1 Å². The van der Waals surface area contributed by atoms with Gasteiger partial charge in [0.25, 0.3) is 0 Å². The van der Waals surface area contributed by atoms with E-state index in [1.807, 2.05) is 19.1 Å². The highest BCUT2D eigenvalue weighted by atomic mass is 16.2. The number of rotatable bonds is 5. The van der Waals surface area contributed by atoms with Gasteiger partial charge >= 0.3 is 0 Å². The fraction of sp³-hybridized carbons (Fsp3) is 0.500. The van der Waals surface area contributed by atoms with Crippen LogP contribution in [0, 0.1) is 6.92 Å². The maximum absolute atomic E-state index is 12.1. The van der Waals surface area contributed by atoms with Crippen LogP contribution in [0.1, 0.15) is 44.2 Å². The molecule has 1 saturated carbocycles. The van der Waals surface area contributed by atoms with Crippen molar-refractivity contribution >= 4 is 11.8 Å². The van der Waals surface area contributed by atoms with Gasteiger partial charge in [0, 0.05) is 19.4 Å². The highest BCUT2D eigenvalue weighted by molar-refractivity contribution is 5.79. The summed E-state index contributed by atoms with van der Waals surface area (Å²) in [7, 11) is 0. The van der Waals surface area contributed by atoms with Gasteiger partial charge < -0.3 is 10.6 Å². The fourth-order valence-electron chi connectivity index (χ4n) is 2.69. The molecule has 0 bridgehead atoms. The zero-order chi connectivity index (χ0) is 14.8. The minimum absolute atomic E-state index is 0.00740. The van der Waals surface area contributed by atoms with Crippen molar-refractivity contribution in [1.29, 1.82) is 0 Å². The van der Waals surface area contributed by atoms with Crippen molar-refractivity contribution in [1.82, 2.24) is 10.6 Å². The molecule has 1 aromatic rings. The van der Waals surface area contributed by atoms with Gasteiger partial charge in [0.2, 0.25) is 11.8 Å². The Kier molecular flexibility index (Phi) is 4.12. The van der Waals surface area contributed by atoms with Crippen LogP contribution >= 0.6 is 0 Å². The maximum Gasteiger partial charge on any atom is 0.222 e. The zero-order valence-corrected chi connectivity index (χ0v) is 12.3. The van der Waals surface area contributed by atoms with Crippen molar-refractivity contribution in [3.8, 4) is 0 Å². The Hall–Kier alpha value is -1.84. The highest BCUT2D eigenvalue weighted by Gasteiger charge is 2.46. The van der Waals surface area contributed by atoms with Crippen molar-refractivity contribution in [3.05, 3.63) is 35.4 Å². The number of benzene rings is 1. The van der Waals surface area contributed by atoms with E-state index in [4.69, 9.17) is 0 Å². The Morgan fingerprint density at radius 3 is 2.50 bits per heavy atom. The summed E-state index contributed by atoms with van der Waals surface area (Å²) in [6.45, 7) is 5.37. The molecule has 1 aromatic carbocycles. The number of carbonyl (C=O) groups is 2. The molecule has 0 heterocycles. The van der Waals surface area contributed by atoms with Gasteiger partial charge in [-0.2, -0.15) is 0 Å². The Bertz CT molecular complexity index is 521. The summed E-state index contributed by atoms with van der Waals surface area (Å²) in [6.07, 6.45) is 2.28. The summed E-state index contributed by atoms with van der Waals surface area (Å²) in [4.78, 5) is 23.1. The summed E-state index contributed by atoms with van der Waals surface area (Å²) in [5, 5.41) is 5.87. The molecule has 2 rings (SSSR count). The van der Waals surface area contributed by atoms with Gasteiger partial charge in [-0.15, -0.1) is 0 Å². The van der Waals surface area contributed by atoms with Gasteiger partial charge in [0.1, 0.15) is 0 Å². The molecule has 1 fully saturated rings. The molecule has 0 saturated heterocycles. The first kappa shape index (κ1) is 14.6. The maximum atomic E-state index is 12.1. The lowest BCUT2D eigenvalue weighted by molar-refractivity contribution is -0.123. The van der Waals surface area contributed by atoms with Crippen LogP contribution in [0.25, 0.3) is 0 Å². The second kappa shape index (κ2) is 5.65. The number of hydrogen-bond donors (Lipinski definition) is 2. The topological polar surface area (TPSA) is 58.2 Å². The van der Waals surface area contributed by atoms with Crippen molar-refractivity contribution in [2.24, 2.45) is 0 Å². The summed E-state index contributed by atoms with van der Waals surface area (Å²) < 4.78 is 0. The first-order chi connectivity index (χ1) is 9.43. The third-order valence-corrected chi connectivity index (χ3v) is 3.73. The quantitative estimate of drug-likeness (QED) is 0.863. The van der Waals surface area contributed by atoms with Crippen LogP contribution in [0.2, 0.25) is 0 Å².